The second-order valence-electron chi connectivity index (χ2n) is 4.20. The van der Waals surface area contributed by atoms with Gasteiger partial charge in [0, 0.05) is 12.5 Å². The molecule has 2 N–H and O–H groups in total. The van der Waals surface area contributed by atoms with E-state index >= 15 is 0 Å². The Balaban J connectivity index is 1.96. The molecule has 2 rings (SSSR count). The monoisotopic (exact) mass is 246 g/mol. The lowest BCUT2D eigenvalue weighted by Gasteiger charge is -2.23. The molecule has 0 spiro atoms. The quantitative estimate of drug-likeness (QED) is 0.780. The minimum atomic E-state index is 0.0816. The van der Waals surface area contributed by atoms with Gasteiger partial charge in [0.1, 0.15) is 11.8 Å². The fraction of sp³-hybridized carbons (Fsp3) is 0.500. The van der Waals surface area contributed by atoms with Gasteiger partial charge < -0.3 is 15.2 Å². The van der Waals surface area contributed by atoms with Gasteiger partial charge in [0.25, 0.3) is 0 Å². The molecule has 0 amide bonds. The minimum Gasteiger partial charge on any atom is -0.474 e. The Hall–Kier alpha value is -1.57. The maximum absolute atomic E-state index is 8.66. The summed E-state index contributed by atoms with van der Waals surface area (Å²) in [6, 6.07) is 5.60. The average molecular weight is 246 g/mol. The number of rotatable bonds is 3. The van der Waals surface area contributed by atoms with Crippen molar-refractivity contribution in [1.29, 1.82) is 0 Å². The molecule has 1 aromatic heterocycles. The Morgan fingerprint density at radius 2 is 2.22 bits per heavy atom. The molecule has 4 nitrogen and oxygen atoms in total. The highest BCUT2D eigenvalue weighted by atomic mass is 16.5. The Morgan fingerprint density at radius 1 is 1.39 bits per heavy atom. The normalized spacial score (nSPS) is 15.8. The van der Waals surface area contributed by atoms with Gasteiger partial charge >= 0.3 is 0 Å². The number of nitrogens with one attached hydrogen (secondary N) is 1. The van der Waals surface area contributed by atoms with Crippen LogP contribution >= 0.6 is 0 Å². The van der Waals surface area contributed by atoms with Gasteiger partial charge in [-0.05, 0) is 37.9 Å². The predicted molar refractivity (Wildman–Crippen MR) is 69.3 cm³/mol. The first-order valence-corrected chi connectivity index (χ1v) is 6.32. The van der Waals surface area contributed by atoms with Crippen molar-refractivity contribution < 1.29 is 9.84 Å². The summed E-state index contributed by atoms with van der Waals surface area (Å²) in [5.41, 5.74) is 0.690. The van der Waals surface area contributed by atoms with Gasteiger partial charge in [-0.1, -0.05) is 12.0 Å². The van der Waals surface area contributed by atoms with Crippen molar-refractivity contribution in [3.63, 3.8) is 0 Å². The molecule has 0 atom stereocenters. The zero-order chi connectivity index (χ0) is 12.6. The van der Waals surface area contributed by atoms with Crippen LogP contribution in [0, 0.1) is 11.8 Å². The number of ether oxygens (including phenoxy) is 1. The number of pyridine rings is 1. The molecule has 0 aliphatic carbocycles. The maximum Gasteiger partial charge on any atom is 0.214 e. The Kier molecular flexibility index (Phi) is 5.00. The fourth-order valence-corrected chi connectivity index (χ4v) is 1.84. The Morgan fingerprint density at radius 3 is 3.00 bits per heavy atom. The molecule has 0 radical (unpaired) electrons. The molecule has 0 aromatic carbocycles. The molecule has 1 saturated heterocycles. The van der Waals surface area contributed by atoms with Gasteiger partial charge in [-0.25, -0.2) is 4.98 Å². The van der Waals surface area contributed by atoms with Crippen molar-refractivity contribution in [2.24, 2.45) is 0 Å². The summed E-state index contributed by atoms with van der Waals surface area (Å²) >= 11 is 0. The van der Waals surface area contributed by atoms with Crippen LogP contribution in [0.4, 0.5) is 0 Å². The molecular weight excluding hydrogens is 228 g/mol. The van der Waals surface area contributed by atoms with Crippen LogP contribution in [0.1, 0.15) is 25.0 Å². The number of hydrogen-bond donors (Lipinski definition) is 2. The van der Waals surface area contributed by atoms with Crippen LogP contribution in [0.25, 0.3) is 0 Å². The van der Waals surface area contributed by atoms with Gasteiger partial charge in [0.2, 0.25) is 5.88 Å². The fourth-order valence-electron chi connectivity index (χ4n) is 1.84. The summed E-state index contributed by atoms with van der Waals surface area (Å²) in [6.45, 7) is 2.08. The molecule has 18 heavy (non-hydrogen) atoms. The van der Waals surface area contributed by atoms with Gasteiger partial charge in [-0.3, -0.25) is 0 Å². The van der Waals surface area contributed by atoms with Gasteiger partial charge in [0.05, 0.1) is 6.61 Å². The molecule has 2 heterocycles. The van der Waals surface area contributed by atoms with Crippen molar-refractivity contribution in [1.82, 2.24) is 10.3 Å². The summed E-state index contributed by atoms with van der Waals surface area (Å²) in [5.74, 6) is 6.40. The van der Waals surface area contributed by atoms with E-state index in [1.807, 2.05) is 18.2 Å². The van der Waals surface area contributed by atoms with Crippen molar-refractivity contribution in [3.8, 4) is 17.7 Å². The molecular formula is C14H18N2O2. The molecule has 1 fully saturated rings. The first-order chi connectivity index (χ1) is 8.88. The highest BCUT2D eigenvalue weighted by Crippen LogP contribution is 2.14. The second kappa shape index (κ2) is 7.00. The number of aromatic nitrogens is 1. The van der Waals surface area contributed by atoms with Crippen molar-refractivity contribution in [2.75, 3.05) is 19.7 Å². The van der Waals surface area contributed by atoms with E-state index in [9.17, 15) is 0 Å². The molecule has 4 heteroatoms. The third-order valence-corrected chi connectivity index (χ3v) is 2.75. The summed E-state index contributed by atoms with van der Waals surface area (Å²) in [6.07, 6.45) is 2.75. The summed E-state index contributed by atoms with van der Waals surface area (Å²) in [5, 5.41) is 12.0. The lowest BCUT2D eigenvalue weighted by molar-refractivity contribution is 0.156. The number of nitrogens with zero attached hydrogens (tertiary/aromatic N) is 1. The first kappa shape index (κ1) is 12.9. The topological polar surface area (TPSA) is 54.4 Å². The average Bonchev–Trinajstić information content (AvgIpc) is 2.41. The second-order valence-corrected chi connectivity index (χ2v) is 4.20. The van der Waals surface area contributed by atoms with E-state index in [2.05, 4.69) is 22.1 Å². The van der Waals surface area contributed by atoms with Crippen LogP contribution in [0.5, 0.6) is 5.88 Å². The van der Waals surface area contributed by atoms with E-state index in [1.54, 1.807) is 0 Å². The van der Waals surface area contributed by atoms with Crippen LogP contribution in [0.2, 0.25) is 0 Å². The smallest absolute Gasteiger partial charge is 0.214 e. The van der Waals surface area contributed by atoms with Gasteiger partial charge in [-0.15, -0.1) is 0 Å². The summed E-state index contributed by atoms with van der Waals surface area (Å²) in [4.78, 5) is 4.34. The highest BCUT2D eigenvalue weighted by molar-refractivity contribution is 5.30. The predicted octanol–water partition coefficient (Wildman–Crippen LogP) is 0.946. The standard InChI is InChI=1S/C14H18N2O2/c17-11-2-1-4-12-5-3-6-14(16-12)18-13-7-9-15-10-8-13/h3,5-6,13,15,17H,2,7-11H2. The van der Waals surface area contributed by atoms with Gasteiger partial charge in [0.15, 0.2) is 0 Å². The third kappa shape index (κ3) is 4.02. The molecule has 1 aliphatic rings. The van der Waals surface area contributed by atoms with E-state index < -0.39 is 0 Å². The van der Waals surface area contributed by atoms with E-state index in [0.717, 1.165) is 25.9 Å². The summed E-state index contributed by atoms with van der Waals surface area (Å²) in [7, 11) is 0. The van der Waals surface area contributed by atoms with Crippen molar-refractivity contribution >= 4 is 0 Å². The molecule has 96 valence electrons. The van der Waals surface area contributed by atoms with E-state index in [1.165, 1.54) is 0 Å². The van der Waals surface area contributed by atoms with Crippen molar-refractivity contribution in [2.45, 2.75) is 25.4 Å². The zero-order valence-corrected chi connectivity index (χ0v) is 10.4. The highest BCUT2D eigenvalue weighted by Gasteiger charge is 2.14. The molecule has 0 saturated carbocycles. The van der Waals surface area contributed by atoms with Crippen LogP contribution in [0.15, 0.2) is 18.2 Å². The van der Waals surface area contributed by atoms with Crippen molar-refractivity contribution in [3.05, 3.63) is 23.9 Å². The van der Waals surface area contributed by atoms with Crippen LogP contribution in [0.3, 0.4) is 0 Å². The lowest BCUT2D eigenvalue weighted by Crippen LogP contribution is -2.34. The lowest BCUT2D eigenvalue weighted by atomic mass is 10.1. The minimum absolute atomic E-state index is 0.0816. The van der Waals surface area contributed by atoms with Crippen LogP contribution < -0.4 is 10.1 Å². The number of aliphatic hydroxyl groups excluding tert-OH is 1. The Labute approximate surface area is 107 Å². The van der Waals surface area contributed by atoms with E-state index in [4.69, 9.17) is 9.84 Å². The number of hydrogen-bond acceptors (Lipinski definition) is 4. The number of aliphatic hydroxyl groups is 1. The summed E-state index contributed by atoms with van der Waals surface area (Å²) < 4.78 is 5.83. The molecule has 1 aromatic rings. The molecule has 1 aliphatic heterocycles. The van der Waals surface area contributed by atoms with E-state index in [0.29, 0.717) is 18.0 Å². The first-order valence-electron chi connectivity index (χ1n) is 6.32. The maximum atomic E-state index is 8.66. The van der Waals surface area contributed by atoms with Crippen LogP contribution in [-0.4, -0.2) is 35.9 Å². The largest absolute Gasteiger partial charge is 0.474 e. The van der Waals surface area contributed by atoms with E-state index in [-0.39, 0.29) is 12.7 Å². The Bertz CT molecular complexity index is 431. The molecule has 0 bridgehead atoms. The number of piperidine rings is 1. The zero-order valence-electron chi connectivity index (χ0n) is 10.4. The molecule has 0 unspecified atom stereocenters. The third-order valence-electron chi connectivity index (χ3n) is 2.75. The SMILES string of the molecule is OCCC#Cc1cccc(OC2CCNCC2)n1. The van der Waals surface area contributed by atoms with Gasteiger partial charge in [-0.2, -0.15) is 0 Å². The van der Waals surface area contributed by atoms with Crippen LogP contribution in [-0.2, 0) is 0 Å².